The Hall–Kier alpha value is -3.56. The van der Waals surface area contributed by atoms with E-state index in [1.165, 1.54) is 0 Å². The molecule has 0 spiro atoms. The average molecular weight is 474 g/mol. The van der Waals surface area contributed by atoms with Crippen molar-refractivity contribution < 1.29 is 9.90 Å². The normalized spacial score (nSPS) is 16.5. The van der Waals surface area contributed by atoms with Crippen LogP contribution >= 0.6 is 0 Å². The van der Waals surface area contributed by atoms with Crippen LogP contribution in [-0.4, -0.2) is 59.3 Å². The number of aryl methyl sites for hydroxylation is 2. The van der Waals surface area contributed by atoms with Crippen molar-refractivity contribution in [2.24, 2.45) is 13.0 Å². The zero-order valence-corrected chi connectivity index (χ0v) is 20.6. The predicted molar refractivity (Wildman–Crippen MR) is 135 cm³/mol. The quantitative estimate of drug-likeness (QED) is 0.396. The maximum absolute atomic E-state index is 12.7. The lowest BCUT2D eigenvalue weighted by molar-refractivity contribution is 0.0941. The Labute approximate surface area is 204 Å². The van der Waals surface area contributed by atoms with Gasteiger partial charge in [0, 0.05) is 85.0 Å². The first-order chi connectivity index (χ1) is 16.8. The Morgan fingerprint density at radius 1 is 1.26 bits per heavy atom. The molecule has 0 amide bonds. The van der Waals surface area contributed by atoms with Gasteiger partial charge in [0.15, 0.2) is 11.6 Å². The third-order valence-corrected chi connectivity index (χ3v) is 6.55. The summed E-state index contributed by atoms with van der Waals surface area (Å²) in [6, 6.07) is 7.75. The number of anilines is 2. The molecule has 2 N–H and O–H groups in total. The highest BCUT2D eigenvalue weighted by atomic mass is 16.3. The van der Waals surface area contributed by atoms with Crippen LogP contribution < -0.4 is 5.32 Å². The van der Waals surface area contributed by atoms with Gasteiger partial charge in [-0.1, -0.05) is 13.8 Å². The molecule has 0 radical (unpaired) electrons. The number of Topliss-reactive ketones (excluding diaryl/α,β-unsaturated/α-hetero) is 1. The number of aromatic nitrogens is 5. The third kappa shape index (κ3) is 4.69. The first-order valence-electron chi connectivity index (χ1n) is 12.0. The summed E-state index contributed by atoms with van der Waals surface area (Å²) in [6.45, 7) is 8.17. The fourth-order valence-corrected chi connectivity index (χ4v) is 4.61. The SMILES string of the molecule is Cc1nn(-c2ccnc(Nc3ccc4c(c3)c(C(=O)C(C)C)cn4C)n2)cc1CN1CCC(O)C1. The molecule has 0 bridgehead atoms. The second kappa shape index (κ2) is 9.24. The van der Waals surface area contributed by atoms with Crippen LogP contribution in [0.3, 0.4) is 0 Å². The Morgan fingerprint density at radius 2 is 2.09 bits per heavy atom. The first kappa shape index (κ1) is 23.2. The highest BCUT2D eigenvalue weighted by Gasteiger charge is 2.22. The van der Waals surface area contributed by atoms with E-state index < -0.39 is 0 Å². The molecular formula is C26H31N7O2. The van der Waals surface area contributed by atoms with E-state index in [0.29, 0.717) is 18.3 Å². The predicted octanol–water partition coefficient (Wildman–Crippen LogP) is 3.61. The van der Waals surface area contributed by atoms with E-state index in [0.717, 1.165) is 52.9 Å². The Balaban J connectivity index is 1.38. The van der Waals surface area contributed by atoms with Gasteiger partial charge in [0.25, 0.3) is 0 Å². The van der Waals surface area contributed by atoms with Gasteiger partial charge in [-0.05, 0) is 31.5 Å². The van der Waals surface area contributed by atoms with Crippen molar-refractivity contribution in [3.8, 4) is 5.82 Å². The monoisotopic (exact) mass is 473 g/mol. The third-order valence-electron chi connectivity index (χ3n) is 6.55. The fourth-order valence-electron chi connectivity index (χ4n) is 4.61. The molecule has 1 fully saturated rings. The van der Waals surface area contributed by atoms with Crippen LogP contribution in [0.1, 0.15) is 41.9 Å². The van der Waals surface area contributed by atoms with Crippen molar-refractivity contribution in [3.63, 3.8) is 0 Å². The Bertz CT molecular complexity index is 1390. The number of hydrogen-bond donors (Lipinski definition) is 2. The maximum Gasteiger partial charge on any atom is 0.229 e. The minimum absolute atomic E-state index is 0.0739. The number of fused-ring (bicyclic) bond motifs is 1. The smallest absolute Gasteiger partial charge is 0.229 e. The second-order valence-electron chi connectivity index (χ2n) is 9.63. The van der Waals surface area contributed by atoms with E-state index in [9.17, 15) is 9.90 Å². The lowest BCUT2D eigenvalue weighted by atomic mass is 10.0. The number of β-amino-alcohol motifs (C(OH)–C–C–N with tert-alkyl or cyclic N) is 1. The van der Waals surface area contributed by atoms with Crippen molar-refractivity contribution in [1.82, 2.24) is 29.2 Å². The number of aliphatic hydroxyl groups is 1. The summed E-state index contributed by atoms with van der Waals surface area (Å²) in [6.07, 6.45) is 6.17. The zero-order valence-electron chi connectivity index (χ0n) is 20.6. The zero-order chi connectivity index (χ0) is 24.7. The van der Waals surface area contributed by atoms with E-state index in [1.54, 1.807) is 10.9 Å². The summed E-state index contributed by atoms with van der Waals surface area (Å²) in [4.78, 5) is 24.0. The number of nitrogens with one attached hydrogen (secondary N) is 1. The van der Waals surface area contributed by atoms with Crippen LogP contribution in [0.15, 0.2) is 42.9 Å². The van der Waals surface area contributed by atoms with Crippen molar-refractivity contribution in [2.75, 3.05) is 18.4 Å². The summed E-state index contributed by atoms with van der Waals surface area (Å²) in [5.41, 5.74) is 4.59. The largest absolute Gasteiger partial charge is 0.392 e. The number of hydrogen-bond acceptors (Lipinski definition) is 7. The van der Waals surface area contributed by atoms with Gasteiger partial charge < -0.3 is 15.0 Å². The lowest BCUT2D eigenvalue weighted by Crippen LogP contribution is -2.21. The van der Waals surface area contributed by atoms with E-state index in [1.807, 2.05) is 69.0 Å². The van der Waals surface area contributed by atoms with Gasteiger partial charge in [0.05, 0.1) is 11.8 Å². The van der Waals surface area contributed by atoms with Gasteiger partial charge in [-0.15, -0.1) is 0 Å². The number of benzene rings is 1. The molecule has 35 heavy (non-hydrogen) atoms. The van der Waals surface area contributed by atoms with Gasteiger partial charge >= 0.3 is 0 Å². The molecule has 4 aromatic rings. The molecule has 9 heteroatoms. The number of likely N-dealkylation sites (tertiary alicyclic amines) is 1. The average Bonchev–Trinajstić information content (AvgIpc) is 3.51. The summed E-state index contributed by atoms with van der Waals surface area (Å²) >= 11 is 0. The molecule has 1 aromatic carbocycles. The van der Waals surface area contributed by atoms with Crippen LogP contribution in [-0.2, 0) is 13.6 Å². The van der Waals surface area contributed by atoms with Crippen LogP contribution in [0.2, 0.25) is 0 Å². The molecule has 0 aliphatic carbocycles. The molecule has 5 rings (SSSR count). The standard InChI is InChI=1S/C26H31N7O2/c1-16(2)25(35)22-15-31(4)23-6-5-19(11-21(22)23)28-26-27-9-7-24(29-26)33-13-18(17(3)30-33)12-32-10-8-20(34)14-32/h5-7,9,11,13,15-16,20,34H,8,10,12,14H2,1-4H3,(H,27,28,29). The summed E-state index contributed by atoms with van der Waals surface area (Å²) in [7, 11) is 1.95. The summed E-state index contributed by atoms with van der Waals surface area (Å²) < 4.78 is 3.75. The topological polar surface area (TPSA) is 101 Å². The molecular weight excluding hydrogens is 442 g/mol. The van der Waals surface area contributed by atoms with Gasteiger partial charge in [-0.3, -0.25) is 9.69 Å². The molecule has 1 unspecified atom stereocenters. The van der Waals surface area contributed by atoms with Crippen LogP contribution in [0, 0.1) is 12.8 Å². The van der Waals surface area contributed by atoms with E-state index in [-0.39, 0.29) is 17.8 Å². The highest BCUT2D eigenvalue weighted by Crippen LogP contribution is 2.27. The Kier molecular flexibility index (Phi) is 6.12. The van der Waals surface area contributed by atoms with Crippen molar-refractivity contribution >= 4 is 28.3 Å². The molecule has 1 aliphatic heterocycles. The van der Waals surface area contributed by atoms with E-state index >= 15 is 0 Å². The number of carbonyl (C=O) groups is 1. The van der Waals surface area contributed by atoms with Crippen molar-refractivity contribution in [1.29, 1.82) is 0 Å². The number of nitrogens with zero attached hydrogens (tertiary/aromatic N) is 6. The molecule has 3 aromatic heterocycles. The van der Waals surface area contributed by atoms with Crippen molar-refractivity contribution in [2.45, 2.75) is 39.8 Å². The number of carbonyl (C=O) groups excluding carboxylic acids is 1. The molecule has 4 heterocycles. The second-order valence-corrected chi connectivity index (χ2v) is 9.63. The van der Waals surface area contributed by atoms with E-state index in [2.05, 4.69) is 25.3 Å². The lowest BCUT2D eigenvalue weighted by Gasteiger charge is -2.13. The highest BCUT2D eigenvalue weighted by molar-refractivity contribution is 6.09. The molecule has 1 atom stereocenters. The molecule has 0 saturated carbocycles. The number of rotatable bonds is 7. The van der Waals surface area contributed by atoms with Crippen LogP contribution in [0.4, 0.5) is 11.6 Å². The van der Waals surface area contributed by atoms with Gasteiger partial charge in [0.2, 0.25) is 5.95 Å². The molecule has 1 aliphatic rings. The first-order valence-corrected chi connectivity index (χ1v) is 12.0. The van der Waals surface area contributed by atoms with Crippen LogP contribution in [0.5, 0.6) is 0 Å². The minimum Gasteiger partial charge on any atom is -0.392 e. The van der Waals surface area contributed by atoms with E-state index in [4.69, 9.17) is 0 Å². The summed E-state index contributed by atoms with van der Waals surface area (Å²) in [5.74, 6) is 1.16. The van der Waals surface area contributed by atoms with Crippen molar-refractivity contribution in [3.05, 3.63) is 59.7 Å². The Morgan fingerprint density at radius 3 is 2.83 bits per heavy atom. The number of ketones is 1. The van der Waals surface area contributed by atoms with Gasteiger partial charge in [-0.25, -0.2) is 9.67 Å². The molecule has 1 saturated heterocycles. The summed E-state index contributed by atoms with van der Waals surface area (Å²) in [5, 5.41) is 18.6. The molecule has 9 nitrogen and oxygen atoms in total. The fraction of sp³-hybridized carbons (Fsp3) is 0.385. The van der Waals surface area contributed by atoms with Gasteiger partial charge in [-0.2, -0.15) is 10.1 Å². The van der Waals surface area contributed by atoms with Crippen LogP contribution in [0.25, 0.3) is 16.7 Å². The van der Waals surface area contributed by atoms with Gasteiger partial charge in [0.1, 0.15) is 0 Å². The maximum atomic E-state index is 12.7. The molecule has 182 valence electrons. The minimum atomic E-state index is -0.240. The number of aliphatic hydroxyl groups excluding tert-OH is 1.